The number of phosphoric acid groups is 2. The fraction of sp³-hybridized carbons (Fsp3) is 0.947. The molecule has 94 heavy (non-hydrogen) atoms. The molecule has 0 aromatic carbocycles. The highest BCUT2D eigenvalue weighted by molar-refractivity contribution is 7.47. The molecule has 4 unspecified atom stereocenters. The molecule has 7 atom stereocenters. The van der Waals surface area contributed by atoms with Gasteiger partial charge in [0.1, 0.15) is 19.3 Å². The van der Waals surface area contributed by atoms with Crippen molar-refractivity contribution in [1.82, 2.24) is 0 Å². The predicted octanol–water partition coefficient (Wildman–Crippen LogP) is 21.7. The Labute approximate surface area is 575 Å². The quantitative estimate of drug-likeness (QED) is 0.0222. The number of hydrogen-bond acceptors (Lipinski definition) is 15. The molecule has 3 N–H and O–H groups in total. The molecule has 0 radical (unpaired) electrons. The van der Waals surface area contributed by atoms with Crippen LogP contribution in [0.5, 0.6) is 0 Å². The van der Waals surface area contributed by atoms with Gasteiger partial charge < -0.3 is 33.8 Å². The molecule has 19 heteroatoms. The lowest BCUT2D eigenvalue weighted by molar-refractivity contribution is -0.161. The molecule has 0 fully saturated rings. The highest BCUT2D eigenvalue weighted by Crippen LogP contribution is 2.45. The summed E-state index contributed by atoms with van der Waals surface area (Å²) in [6, 6.07) is 0. The van der Waals surface area contributed by atoms with Gasteiger partial charge in [-0.2, -0.15) is 0 Å². The summed E-state index contributed by atoms with van der Waals surface area (Å²) in [6.45, 7) is 14.1. The van der Waals surface area contributed by atoms with Gasteiger partial charge in [0, 0.05) is 25.7 Å². The lowest BCUT2D eigenvalue weighted by Crippen LogP contribution is -2.30. The Kier molecular flexibility index (Phi) is 63.1. The van der Waals surface area contributed by atoms with E-state index in [2.05, 4.69) is 55.4 Å². The third-order valence-corrected chi connectivity index (χ3v) is 19.9. The minimum absolute atomic E-state index is 0.103. The topological polar surface area (TPSA) is 237 Å². The fourth-order valence-electron chi connectivity index (χ4n) is 11.3. The second-order valence-corrected chi connectivity index (χ2v) is 31.4. The van der Waals surface area contributed by atoms with E-state index in [1.54, 1.807) is 0 Å². The number of carbonyl (C=O) groups excluding carboxylic acids is 4. The Morgan fingerprint density at radius 1 is 0.298 bits per heavy atom. The predicted molar refractivity (Wildman–Crippen MR) is 381 cm³/mol. The molecule has 0 bridgehead atoms. The molecule has 0 aliphatic heterocycles. The van der Waals surface area contributed by atoms with Crippen LogP contribution in [0, 0.1) is 23.7 Å². The lowest BCUT2D eigenvalue weighted by atomic mass is 9.99. The maximum atomic E-state index is 13.1. The Morgan fingerprint density at radius 3 is 0.755 bits per heavy atom. The van der Waals surface area contributed by atoms with Crippen LogP contribution in [0.25, 0.3) is 0 Å². The van der Waals surface area contributed by atoms with Gasteiger partial charge in [-0.1, -0.05) is 325 Å². The van der Waals surface area contributed by atoms with Gasteiger partial charge in [0.15, 0.2) is 12.2 Å². The standard InChI is InChI=1S/C75H146O17P2/c1-9-67(7)53-45-37-28-21-19-17-15-13-11-12-14-16-18-20-22-31-41-49-57-74(79)91-70(61-85-72(77)55-47-39-30-25-23-27-35-43-51-65(3)4)63-89-93(81,82)87-59-69(76)60-88-94(83,84)90-64-71(62-86-73(78)56-48-40-34-33-36-44-52-66(5)6)92-75(80)58-50-42-32-26-24-29-38-46-54-68(8)10-2/h65-71,76H,9-64H2,1-8H3,(H,81,82)(H,83,84)/t67?,68?,69-,70-,71-/m1/s1. The van der Waals surface area contributed by atoms with Gasteiger partial charge >= 0.3 is 39.5 Å². The van der Waals surface area contributed by atoms with Crippen molar-refractivity contribution in [1.29, 1.82) is 0 Å². The second-order valence-electron chi connectivity index (χ2n) is 28.5. The summed E-state index contributed by atoms with van der Waals surface area (Å²) in [5, 5.41) is 10.6. The van der Waals surface area contributed by atoms with Gasteiger partial charge in [0.05, 0.1) is 26.4 Å². The Morgan fingerprint density at radius 2 is 0.511 bits per heavy atom. The van der Waals surface area contributed by atoms with E-state index < -0.39 is 97.5 Å². The van der Waals surface area contributed by atoms with Crippen LogP contribution in [-0.2, 0) is 65.4 Å². The van der Waals surface area contributed by atoms with Gasteiger partial charge in [-0.05, 0) is 49.4 Å². The average molecular weight is 1380 g/mol. The normalized spacial score (nSPS) is 14.7. The van der Waals surface area contributed by atoms with E-state index in [1.807, 2.05) is 0 Å². The third kappa shape index (κ3) is 66.0. The van der Waals surface area contributed by atoms with Crippen LogP contribution in [0.4, 0.5) is 0 Å². The van der Waals surface area contributed by atoms with Crippen molar-refractivity contribution in [2.75, 3.05) is 39.6 Å². The molecule has 0 heterocycles. The van der Waals surface area contributed by atoms with Gasteiger partial charge in [0.2, 0.25) is 0 Å². The number of hydrogen-bond donors (Lipinski definition) is 3. The summed E-state index contributed by atoms with van der Waals surface area (Å²) in [6.07, 6.45) is 48.8. The number of esters is 4. The molecule has 0 saturated heterocycles. The van der Waals surface area contributed by atoms with E-state index in [0.717, 1.165) is 114 Å². The van der Waals surface area contributed by atoms with Crippen LogP contribution in [0.3, 0.4) is 0 Å². The van der Waals surface area contributed by atoms with E-state index in [0.29, 0.717) is 31.6 Å². The number of phosphoric ester groups is 2. The first-order valence-corrected chi connectivity index (χ1v) is 41.8. The summed E-state index contributed by atoms with van der Waals surface area (Å²) < 4.78 is 68.4. The largest absolute Gasteiger partial charge is 0.472 e. The molecule has 0 aliphatic rings. The zero-order valence-electron chi connectivity index (χ0n) is 61.6. The van der Waals surface area contributed by atoms with E-state index in [9.17, 15) is 43.2 Å². The second kappa shape index (κ2) is 64.4. The van der Waals surface area contributed by atoms with Crippen LogP contribution in [0.1, 0.15) is 376 Å². The van der Waals surface area contributed by atoms with Gasteiger partial charge in [-0.15, -0.1) is 0 Å². The maximum Gasteiger partial charge on any atom is 0.472 e. The zero-order chi connectivity index (χ0) is 69.6. The highest BCUT2D eigenvalue weighted by Gasteiger charge is 2.30. The monoisotopic (exact) mass is 1380 g/mol. The van der Waals surface area contributed by atoms with E-state index in [4.69, 9.17) is 37.0 Å². The van der Waals surface area contributed by atoms with Crippen molar-refractivity contribution in [3.8, 4) is 0 Å². The molecule has 0 rings (SSSR count). The van der Waals surface area contributed by atoms with Crippen molar-refractivity contribution in [2.45, 2.75) is 395 Å². The van der Waals surface area contributed by atoms with Crippen LogP contribution in [0.15, 0.2) is 0 Å². The van der Waals surface area contributed by atoms with Gasteiger partial charge in [-0.25, -0.2) is 9.13 Å². The van der Waals surface area contributed by atoms with E-state index in [1.165, 1.54) is 173 Å². The molecule has 17 nitrogen and oxygen atoms in total. The van der Waals surface area contributed by atoms with Crippen molar-refractivity contribution in [2.24, 2.45) is 23.7 Å². The van der Waals surface area contributed by atoms with Crippen molar-refractivity contribution in [3.05, 3.63) is 0 Å². The molecule has 0 aliphatic carbocycles. The van der Waals surface area contributed by atoms with Crippen molar-refractivity contribution in [3.63, 3.8) is 0 Å². The lowest BCUT2D eigenvalue weighted by Gasteiger charge is -2.21. The average Bonchev–Trinajstić information content (AvgIpc) is 1.45. The number of rotatable bonds is 72. The molecular weight excluding hydrogens is 1230 g/mol. The first-order valence-electron chi connectivity index (χ1n) is 38.8. The smallest absolute Gasteiger partial charge is 0.462 e. The van der Waals surface area contributed by atoms with E-state index >= 15 is 0 Å². The first kappa shape index (κ1) is 92.1. The van der Waals surface area contributed by atoms with E-state index in [-0.39, 0.29) is 25.7 Å². The molecule has 0 spiro atoms. The number of unbranched alkanes of at least 4 members (excludes halogenated alkanes) is 36. The van der Waals surface area contributed by atoms with Crippen LogP contribution in [0.2, 0.25) is 0 Å². The van der Waals surface area contributed by atoms with Crippen LogP contribution in [-0.4, -0.2) is 96.7 Å². The molecule has 0 aromatic rings. The number of ether oxygens (including phenoxy) is 4. The molecular formula is C75H146O17P2. The SMILES string of the molecule is CCC(C)CCCCCCCCCCCCCCCCCCCCC(=O)O[C@H](COC(=O)CCCCCCCCCCC(C)C)COP(=O)(O)OC[C@@H](O)COP(=O)(O)OC[C@@H](COC(=O)CCCCCCCCC(C)C)OC(=O)CCCCCCCCCCC(C)CC. The van der Waals surface area contributed by atoms with Crippen LogP contribution >= 0.6 is 15.6 Å². The fourth-order valence-corrected chi connectivity index (χ4v) is 12.9. The van der Waals surface area contributed by atoms with Gasteiger partial charge in [-0.3, -0.25) is 37.3 Å². The summed E-state index contributed by atoms with van der Waals surface area (Å²) in [7, 11) is -9.91. The highest BCUT2D eigenvalue weighted by atomic mass is 31.2. The minimum atomic E-state index is -4.96. The number of aliphatic hydroxyl groups excluding tert-OH is 1. The van der Waals surface area contributed by atoms with Crippen LogP contribution < -0.4 is 0 Å². The minimum Gasteiger partial charge on any atom is -0.462 e. The Balaban J connectivity index is 5.17. The number of aliphatic hydroxyl groups is 1. The molecule has 558 valence electrons. The molecule has 0 aromatic heterocycles. The van der Waals surface area contributed by atoms with Crippen molar-refractivity contribution < 1.29 is 80.2 Å². The third-order valence-electron chi connectivity index (χ3n) is 18.0. The Hall–Kier alpha value is -1.94. The molecule has 0 saturated carbocycles. The first-order chi connectivity index (χ1) is 45.2. The Bertz CT molecular complexity index is 1850. The zero-order valence-corrected chi connectivity index (χ0v) is 63.4. The summed E-state index contributed by atoms with van der Waals surface area (Å²) in [4.78, 5) is 72.6. The molecule has 0 amide bonds. The maximum absolute atomic E-state index is 13.1. The summed E-state index contributed by atoms with van der Waals surface area (Å²) in [5.74, 6) is 0.919. The summed E-state index contributed by atoms with van der Waals surface area (Å²) >= 11 is 0. The van der Waals surface area contributed by atoms with Crippen molar-refractivity contribution >= 4 is 39.5 Å². The number of carbonyl (C=O) groups is 4. The van der Waals surface area contributed by atoms with Gasteiger partial charge in [0.25, 0.3) is 0 Å². The summed E-state index contributed by atoms with van der Waals surface area (Å²) in [5.41, 5.74) is 0.